The van der Waals surface area contributed by atoms with E-state index in [2.05, 4.69) is 20.7 Å². The van der Waals surface area contributed by atoms with Gasteiger partial charge in [0, 0.05) is 10.5 Å². The third kappa shape index (κ3) is 3.25. The van der Waals surface area contributed by atoms with Gasteiger partial charge in [-0.1, -0.05) is 6.07 Å². The molecular weight excluding hydrogens is 372 g/mol. The predicted molar refractivity (Wildman–Crippen MR) is 77.1 cm³/mol. The van der Waals surface area contributed by atoms with Crippen molar-refractivity contribution in [1.82, 2.24) is 4.72 Å². The van der Waals surface area contributed by atoms with Gasteiger partial charge < -0.3 is 0 Å². The van der Waals surface area contributed by atoms with E-state index >= 15 is 0 Å². The van der Waals surface area contributed by atoms with Gasteiger partial charge >= 0.3 is 0 Å². The first kappa shape index (κ1) is 15.6. The fourth-order valence-corrected chi connectivity index (χ4v) is 5.19. The van der Waals surface area contributed by atoms with E-state index in [0.717, 1.165) is 23.5 Å². The fraction of sp³-hybridized carbons (Fsp3) is 0.167. The molecule has 2 aromatic rings. The number of hydrogen-bond acceptors (Lipinski definition) is 3. The quantitative estimate of drug-likeness (QED) is 0.874. The molecule has 1 aromatic heterocycles. The lowest BCUT2D eigenvalue weighted by Crippen LogP contribution is -2.26. The predicted octanol–water partition coefficient (Wildman–Crippen LogP) is 3.83. The van der Waals surface area contributed by atoms with Gasteiger partial charge in [-0.3, -0.25) is 0 Å². The third-order valence-electron chi connectivity index (χ3n) is 2.60. The van der Waals surface area contributed by atoms with Crippen molar-refractivity contribution in [3.63, 3.8) is 0 Å². The van der Waals surface area contributed by atoms with Gasteiger partial charge in [0.2, 0.25) is 0 Å². The molecule has 0 aliphatic rings. The van der Waals surface area contributed by atoms with Crippen LogP contribution >= 0.6 is 27.3 Å². The summed E-state index contributed by atoms with van der Waals surface area (Å²) in [6.07, 6.45) is 0. The van der Waals surface area contributed by atoms with Crippen molar-refractivity contribution in [1.29, 1.82) is 0 Å². The van der Waals surface area contributed by atoms with Gasteiger partial charge in [-0.05, 0) is 52.0 Å². The zero-order valence-electron chi connectivity index (χ0n) is 10.2. The molecule has 1 N–H and O–H groups in total. The summed E-state index contributed by atoms with van der Waals surface area (Å²) in [5.41, 5.74) is 0.347. The highest BCUT2D eigenvalue weighted by atomic mass is 79.9. The molecule has 0 amide bonds. The summed E-state index contributed by atoms with van der Waals surface area (Å²) in [7, 11) is -3.71. The molecule has 0 saturated heterocycles. The van der Waals surface area contributed by atoms with E-state index in [1.165, 1.54) is 6.07 Å². The first-order valence-electron chi connectivity index (χ1n) is 5.51. The second kappa shape index (κ2) is 5.88. The molecule has 1 heterocycles. The molecule has 0 fully saturated rings. The lowest BCUT2D eigenvalue weighted by atomic mass is 10.1. The normalized spacial score (nSPS) is 13.4. The van der Waals surface area contributed by atoms with E-state index in [9.17, 15) is 17.2 Å². The summed E-state index contributed by atoms with van der Waals surface area (Å²) in [6.45, 7) is 1.56. The Morgan fingerprint density at radius 2 is 1.95 bits per heavy atom. The van der Waals surface area contributed by atoms with Crippen LogP contribution in [-0.4, -0.2) is 8.42 Å². The van der Waals surface area contributed by atoms with Crippen LogP contribution in [0, 0.1) is 11.6 Å². The monoisotopic (exact) mass is 381 g/mol. The van der Waals surface area contributed by atoms with Crippen LogP contribution in [0.2, 0.25) is 0 Å². The van der Waals surface area contributed by atoms with E-state index in [1.54, 1.807) is 18.4 Å². The van der Waals surface area contributed by atoms with Crippen LogP contribution in [0.4, 0.5) is 8.78 Å². The van der Waals surface area contributed by atoms with E-state index in [1.807, 2.05) is 0 Å². The van der Waals surface area contributed by atoms with Gasteiger partial charge in [0.05, 0.1) is 0 Å². The van der Waals surface area contributed by atoms with Crippen LogP contribution in [0.3, 0.4) is 0 Å². The first-order valence-corrected chi connectivity index (χ1v) is 8.67. The Kier molecular flexibility index (Phi) is 4.58. The third-order valence-corrected chi connectivity index (χ3v) is 6.81. The van der Waals surface area contributed by atoms with E-state index < -0.39 is 27.7 Å². The SMILES string of the molecule is CC(NS(=O)(=O)c1sccc1Br)c1ccc(F)c(F)c1. The maximum absolute atomic E-state index is 13.2. The Labute approximate surface area is 127 Å². The minimum absolute atomic E-state index is 0.145. The molecule has 3 nitrogen and oxygen atoms in total. The molecule has 0 bridgehead atoms. The van der Waals surface area contributed by atoms with Gasteiger partial charge in [-0.15, -0.1) is 11.3 Å². The van der Waals surface area contributed by atoms with Crippen LogP contribution in [0.5, 0.6) is 0 Å². The first-order chi connectivity index (χ1) is 9.31. The lowest BCUT2D eigenvalue weighted by molar-refractivity contribution is 0.504. The summed E-state index contributed by atoms with van der Waals surface area (Å²) in [5, 5.41) is 1.64. The molecule has 8 heteroatoms. The van der Waals surface area contributed by atoms with Crippen molar-refractivity contribution in [2.45, 2.75) is 17.2 Å². The molecular formula is C12H10BrF2NO2S2. The summed E-state index contributed by atoms with van der Waals surface area (Å²) in [5.74, 6) is -1.98. The molecule has 1 atom stereocenters. The van der Waals surface area contributed by atoms with Crippen molar-refractivity contribution >= 4 is 37.3 Å². The molecule has 1 aromatic carbocycles. The van der Waals surface area contributed by atoms with Crippen molar-refractivity contribution < 1.29 is 17.2 Å². The van der Waals surface area contributed by atoms with Crippen molar-refractivity contribution in [2.75, 3.05) is 0 Å². The van der Waals surface area contributed by atoms with Crippen LogP contribution < -0.4 is 4.72 Å². The largest absolute Gasteiger partial charge is 0.251 e. The summed E-state index contributed by atoms with van der Waals surface area (Å²) < 4.78 is 53.3. The number of hydrogen-bond donors (Lipinski definition) is 1. The van der Waals surface area contributed by atoms with Crippen molar-refractivity contribution in [3.05, 3.63) is 51.3 Å². The molecule has 0 aliphatic heterocycles. The summed E-state index contributed by atoms with van der Waals surface area (Å²) >= 11 is 4.22. The Hall–Kier alpha value is -0.830. The Morgan fingerprint density at radius 3 is 2.50 bits per heavy atom. The van der Waals surface area contributed by atoms with Gasteiger partial charge in [0.25, 0.3) is 10.0 Å². The second-order valence-electron chi connectivity index (χ2n) is 4.07. The van der Waals surface area contributed by atoms with Gasteiger partial charge in [-0.2, -0.15) is 0 Å². The Balaban J connectivity index is 2.25. The molecule has 0 aliphatic carbocycles. The minimum atomic E-state index is -3.71. The molecule has 20 heavy (non-hydrogen) atoms. The average Bonchev–Trinajstić information content (AvgIpc) is 2.79. The number of thiophene rings is 1. The van der Waals surface area contributed by atoms with Gasteiger partial charge in [-0.25, -0.2) is 21.9 Å². The van der Waals surface area contributed by atoms with Crippen molar-refractivity contribution in [2.24, 2.45) is 0 Å². The fourth-order valence-electron chi connectivity index (χ4n) is 1.61. The topological polar surface area (TPSA) is 46.2 Å². The van der Waals surface area contributed by atoms with Crippen LogP contribution in [0.25, 0.3) is 0 Å². The maximum atomic E-state index is 13.2. The smallest absolute Gasteiger partial charge is 0.206 e. The molecule has 0 spiro atoms. The number of nitrogens with one attached hydrogen (secondary N) is 1. The summed E-state index contributed by atoms with van der Waals surface area (Å²) in [4.78, 5) is 0. The second-order valence-corrected chi connectivity index (χ2v) is 7.75. The van der Waals surface area contributed by atoms with Gasteiger partial charge in [0.1, 0.15) is 4.21 Å². The highest BCUT2D eigenvalue weighted by molar-refractivity contribution is 9.10. The zero-order valence-corrected chi connectivity index (χ0v) is 13.4. The highest BCUT2D eigenvalue weighted by Crippen LogP contribution is 2.29. The standard InChI is InChI=1S/C12H10BrF2NO2S2/c1-7(8-2-3-10(14)11(15)6-8)16-20(17,18)12-9(13)4-5-19-12/h2-7,16H,1H3. The number of sulfonamides is 1. The number of halogens is 3. The Morgan fingerprint density at radius 1 is 1.25 bits per heavy atom. The van der Waals surface area contributed by atoms with Crippen LogP contribution in [-0.2, 0) is 10.0 Å². The molecule has 0 saturated carbocycles. The number of benzene rings is 1. The van der Waals surface area contributed by atoms with Gasteiger partial charge in [0.15, 0.2) is 11.6 Å². The molecule has 1 unspecified atom stereocenters. The number of rotatable bonds is 4. The van der Waals surface area contributed by atoms with E-state index in [4.69, 9.17) is 0 Å². The van der Waals surface area contributed by atoms with E-state index in [-0.39, 0.29) is 4.21 Å². The lowest BCUT2D eigenvalue weighted by Gasteiger charge is -2.14. The summed E-state index contributed by atoms with van der Waals surface area (Å²) in [6, 6.07) is 4.24. The van der Waals surface area contributed by atoms with Crippen LogP contribution in [0.15, 0.2) is 38.3 Å². The average molecular weight is 382 g/mol. The van der Waals surface area contributed by atoms with Crippen molar-refractivity contribution in [3.8, 4) is 0 Å². The minimum Gasteiger partial charge on any atom is -0.206 e. The Bertz CT molecular complexity index is 731. The maximum Gasteiger partial charge on any atom is 0.251 e. The van der Waals surface area contributed by atoms with E-state index in [0.29, 0.717) is 10.0 Å². The molecule has 0 radical (unpaired) electrons. The molecule has 108 valence electrons. The highest BCUT2D eigenvalue weighted by Gasteiger charge is 2.22. The van der Waals surface area contributed by atoms with Crippen LogP contribution in [0.1, 0.15) is 18.5 Å². The molecule has 2 rings (SSSR count). The zero-order chi connectivity index (χ0) is 14.9.